The second-order valence-electron chi connectivity index (χ2n) is 4.31. The summed E-state index contributed by atoms with van der Waals surface area (Å²) in [5.74, 6) is -1.10. The Hall–Kier alpha value is -2.28. The molecule has 2 amide bonds. The fourth-order valence-electron chi connectivity index (χ4n) is 1.78. The van der Waals surface area contributed by atoms with Gasteiger partial charge in [0.25, 0.3) is 0 Å². The zero-order chi connectivity index (χ0) is 14.5. The number of aryl methyl sites for hydroxylation is 1. The number of thiophene rings is 1. The highest BCUT2D eigenvalue weighted by molar-refractivity contribution is 7.07. The summed E-state index contributed by atoms with van der Waals surface area (Å²) in [5.41, 5.74) is 2.09. The Morgan fingerprint density at radius 2 is 2.25 bits per heavy atom. The lowest BCUT2D eigenvalue weighted by Gasteiger charge is -2.06. The molecule has 0 unspecified atom stereocenters. The van der Waals surface area contributed by atoms with E-state index in [2.05, 4.69) is 15.6 Å². The maximum Gasteiger partial charge on any atom is 0.354 e. The zero-order valence-electron chi connectivity index (χ0n) is 10.9. The summed E-state index contributed by atoms with van der Waals surface area (Å²) >= 11 is 1.61. The van der Waals surface area contributed by atoms with Gasteiger partial charge in [-0.15, -0.1) is 0 Å². The maximum absolute atomic E-state index is 11.7. The molecule has 0 aliphatic carbocycles. The van der Waals surface area contributed by atoms with E-state index in [1.165, 1.54) is 5.56 Å². The molecule has 20 heavy (non-hydrogen) atoms. The third-order valence-electron chi connectivity index (χ3n) is 2.69. The van der Waals surface area contributed by atoms with E-state index in [-0.39, 0.29) is 11.4 Å². The molecule has 2 rings (SSSR count). The maximum atomic E-state index is 11.7. The highest BCUT2D eigenvalue weighted by Crippen LogP contribution is 2.16. The summed E-state index contributed by atoms with van der Waals surface area (Å²) in [7, 11) is 0. The molecule has 2 aromatic rings. The van der Waals surface area contributed by atoms with E-state index in [1.54, 1.807) is 24.3 Å². The molecule has 0 bridgehead atoms. The summed E-state index contributed by atoms with van der Waals surface area (Å²) in [6, 6.07) is 3.17. The Kier molecular flexibility index (Phi) is 4.41. The molecular formula is C13H15N3O3S. The number of hydrogen-bond donors (Lipinski definition) is 4. The Labute approximate surface area is 119 Å². The van der Waals surface area contributed by atoms with Gasteiger partial charge in [-0.05, 0) is 41.8 Å². The van der Waals surface area contributed by atoms with Gasteiger partial charge in [0.2, 0.25) is 0 Å². The number of carboxylic acid groups (broad SMARTS) is 1. The molecule has 0 spiro atoms. The number of urea groups is 1. The first-order chi connectivity index (χ1) is 9.56. The van der Waals surface area contributed by atoms with Crippen molar-refractivity contribution in [3.05, 3.63) is 39.8 Å². The van der Waals surface area contributed by atoms with E-state index in [9.17, 15) is 9.59 Å². The number of amides is 2. The van der Waals surface area contributed by atoms with Crippen LogP contribution in [0, 0.1) is 6.92 Å². The van der Waals surface area contributed by atoms with Gasteiger partial charge in [-0.25, -0.2) is 9.59 Å². The Morgan fingerprint density at radius 1 is 1.45 bits per heavy atom. The summed E-state index contributed by atoms with van der Waals surface area (Å²) in [6.07, 6.45) is 0.745. The van der Waals surface area contributed by atoms with Crippen molar-refractivity contribution in [2.24, 2.45) is 0 Å². The molecular weight excluding hydrogens is 278 g/mol. The van der Waals surface area contributed by atoms with Crippen LogP contribution in [0.5, 0.6) is 0 Å². The van der Waals surface area contributed by atoms with Crippen LogP contribution >= 0.6 is 11.3 Å². The average molecular weight is 293 g/mol. The minimum atomic E-state index is -1.10. The van der Waals surface area contributed by atoms with Crippen LogP contribution in [0.3, 0.4) is 0 Å². The van der Waals surface area contributed by atoms with E-state index in [0.29, 0.717) is 12.2 Å². The fourth-order valence-corrected chi connectivity index (χ4v) is 2.48. The van der Waals surface area contributed by atoms with E-state index in [0.717, 1.165) is 6.42 Å². The van der Waals surface area contributed by atoms with Gasteiger partial charge >= 0.3 is 12.0 Å². The smallest absolute Gasteiger partial charge is 0.354 e. The first-order valence-corrected chi connectivity index (χ1v) is 6.99. The number of aromatic nitrogens is 1. The van der Waals surface area contributed by atoms with Crippen molar-refractivity contribution in [1.82, 2.24) is 10.3 Å². The normalized spacial score (nSPS) is 10.2. The van der Waals surface area contributed by atoms with Gasteiger partial charge < -0.3 is 20.7 Å². The standard InChI is InChI=1S/C13H15N3O3S/c1-8-6-10(11(15-8)12(17)18)16-13(19)14-4-2-9-3-5-20-7-9/h3,5-7,15H,2,4H2,1H3,(H,17,18)(H2,14,16,19). The number of carboxylic acids is 1. The molecule has 0 aliphatic heterocycles. The molecule has 4 N–H and O–H groups in total. The molecule has 0 aromatic carbocycles. The number of rotatable bonds is 5. The monoisotopic (exact) mass is 293 g/mol. The second kappa shape index (κ2) is 6.25. The lowest BCUT2D eigenvalue weighted by Crippen LogP contribution is -2.30. The number of carbonyl (C=O) groups excluding carboxylic acids is 1. The van der Waals surface area contributed by atoms with E-state index < -0.39 is 12.0 Å². The largest absolute Gasteiger partial charge is 0.477 e. The number of nitrogens with one attached hydrogen (secondary N) is 3. The second-order valence-corrected chi connectivity index (χ2v) is 5.09. The van der Waals surface area contributed by atoms with Gasteiger partial charge in [0, 0.05) is 12.2 Å². The Balaban J connectivity index is 1.86. The summed E-state index contributed by atoms with van der Waals surface area (Å²) in [6.45, 7) is 2.22. The molecule has 2 aromatic heterocycles. The van der Waals surface area contributed by atoms with E-state index in [1.807, 2.05) is 16.8 Å². The van der Waals surface area contributed by atoms with Crippen LogP contribution in [-0.2, 0) is 6.42 Å². The van der Waals surface area contributed by atoms with Crippen LogP contribution < -0.4 is 10.6 Å². The average Bonchev–Trinajstić information content (AvgIpc) is 2.99. The molecule has 0 atom stereocenters. The summed E-state index contributed by atoms with van der Waals surface area (Å²) in [4.78, 5) is 25.4. The van der Waals surface area contributed by atoms with Crippen molar-refractivity contribution in [3.63, 3.8) is 0 Å². The quantitative estimate of drug-likeness (QED) is 0.682. The molecule has 106 valence electrons. The highest BCUT2D eigenvalue weighted by Gasteiger charge is 2.14. The van der Waals surface area contributed by atoms with Gasteiger partial charge in [-0.1, -0.05) is 0 Å². The molecule has 0 aliphatic rings. The van der Waals surface area contributed by atoms with Crippen LogP contribution in [0.2, 0.25) is 0 Å². The molecule has 6 nitrogen and oxygen atoms in total. The minimum absolute atomic E-state index is 0.0181. The van der Waals surface area contributed by atoms with Gasteiger partial charge in [-0.3, -0.25) is 0 Å². The predicted molar refractivity (Wildman–Crippen MR) is 77.5 cm³/mol. The number of aromatic carboxylic acids is 1. The lowest BCUT2D eigenvalue weighted by molar-refractivity contribution is 0.0692. The Bertz CT molecular complexity index is 604. The Morgan fingerprint density at radius 3 is 2.90 bits per heavy atom. The molecule has 0 radical (unpaired) electrons. The van der Waals surface area contributed by atoms with Gasteiger partial charge in [0.05, 0.1) is 5.69 Å². The summed E-state index contributed by atoms with van der Waals surface area (Å²) in [5, 5.41) is 18.2. The van der Waals surface area contributed by atoms with Crippen molar-refractivity contribution < 1.29 is 14.7 Å². The minimum Gasteiger partial charge on any atom is -0.477 e. The molecule has 0 fully saturated rings. The van der Waals surface area contributed by atoms with Crippen molar-refractivity contribution >= 4 is 29.0 Å². The van der Waals surface area contributed by atoms with Crippen molar-refractivity contribution in [1.29, 1.82) is 0 Å². The van der Waals surface area contributed by atoms with Crippen LogP contribution in [0.25, 0.3) is 0 Å². The van der Waals surface area contributed by atoms with Crippen molar-refractivity contribution in [2.45, 2.75) is 13.3 Å². The number of anilines is 1. The topological polar surface area (TPSA) is 94.2 Å². The predicted octanol–water partition coefficient (Wildman–Crippen LogP) is 2.45. The number of aromatic amines is 1. The van der Waals surface area contributed by atoms with Gasteiger partial charge in [0.1, 0.15) is 5.69 Å². The summed E-state index contributed by atoms with van der Waals surface area (Å²) < 4.78 is 0. The first kappa shape index (κ1) is 14.1. The van der Waals surface area contributed by atoms with Crippen LogP contribution in [0.4, 0.5) is 10.5 Å². The number of H-pyrrole nitrogens is 1. The molecule has 0 saturated heterocycles. The number of hydrogen-bond acceptors (Lipinski definition) is 3. The van der Waals surface area contributed by atoms with Gasteiger partial charge in [0.15, 0.2) is 0 Å². The molecule has 7 heteroatoms. The SMILES string of the molecule is Cc1cc(NC(=O)NCCc2ccsc2)c(C(=O)O)[nH]1. The zero-order valence-corrected chi connectivity index (χ0v) is 11.7. The van der Waals surface area contributed by atoms with Crippen LogP contribution in [0.1, 0.15) is 21.7 Å². The molecule has 0 saturated carbocycles. The molecule has 2 heterocycles. The fraction of sp³-hybridized carbons (Fsp3) is 0.231. The lowest BCUT2D eigenvalue weighted by atomic mass is 10.2. The van der Waals surface area contributed by atoms with Gasteiger partial charge in [-0.2, -0.15) is 11.3 Å². The van der Waals surface area contributed by atoms with Crippen molar-refractivity contribution in [2.75, 3.05) is 11.9 Å². The third kappa shape index (κ3) is 3.61. The van der Waals surface area contributed by atoms with E-state index >= 15 is 0 Å². The first-order valence-electron chi connectivity index (χ1n) is 6.05. The third-order valence-corrected chi connectivity index (χ3v) is 3.43. The number of carbonyl (C=O) groups is 2. The van der Waals surface area contributed by atoms with Crippen LogP contribution in [-0.4, -0.2) is 28.6 Å². The highest BCUT2D eigenvalue weighted by atomic mass is 32.1. The van der Waals surface area contributed by atoms with E-state index in [4.69, 9.17) is 5.11 Å². The van der Waals surface area contributed by atoms with Crippen LogP contribution in [0.15, 0.2) is 22.9 Å². The van der Waals surface area contributed by atoms with Crippen molar-refractivity contribution in [3.8, 4) is 0 Å².